The Bertz CT molecular complexity index is 722. The smallest absolute Gasteiger partial charge is 0.321 e. The van der Waals surface area contributed by atoms with Crippen LogP contribution in [0.3, 0.4) is 0 Å². The largest absolute Gasteiger partial charge is 0.494 e. The van der Waals surface area contributed by atoms with Gasteiger partial charge < -0.3 is 15.2 Å². The molecule has 0 aliphatic rings. The van der Waals surface area contributed by atoms with Gasteiger partial charge in [-0.25, -0.2) is 12.8 Å². The fraction of sp³-hybridized carbons (Fsp3) is 0.429. The average Bonchev–Trinajstić information content (AvgIpc) is 2.50. The average molecular weight is 362 g/mol. The van der Waals surface area contributed by atoms with Gasteiger partial charge in [0.25, 0.3) is 0 Å². The van der Waals surface area contributed by atoms with Gasteiger partial charge in [-0.3, -0.25) is 9.59 Å². The molecule has 1 aromatic rings. The number of nitrogens with zero attached hydrogens (tertiary/aromatic N) is 1. The number of carboxylic acid groups (broad SMARTS) is 1. The van der Waals surface area contributed by atoms with Crippen molar-refractivity contribution in [2.75, 3.05) is 20.2 Å². The molecule has 0 heterocycles. The first-order valence-corrected chi connectivity index (χ1v) is 8.38. The highest BCUT2D eigenvalue weighted by atomic mass is 32.2. The second-order valence-corrected chi connectivity index (χ2v) is 6.80. The van der Waals surface area contributed by atoms with Crippen molar-refractivity contribution in [3.8, 4) is 5.75 Å². The van der Waals surface area contributed by atoms with E-state index in [1.54, 1.807) is 0 Å². The van der Waals surface area contributed by atoms with Gasteiger partial charge in [-0.05, 0) is 19.1 Å². The van der Waals surface area contributed by atoms with Crippen LogP contribution in [0.4, 0.5) is 4.39 Å². The summed E-state index contributed by atoms with van der Waals surface area (Å²) in [6.45, 7) is 2.14. The zero-order valence-corrected chi connectivity index (χ0v) is 14.3. The monoisotopic (exact) mass is 362 g/mol. The molecule has 0 radical (unpaired) electrons. The summed E-state index contributed by atoms with van der Waals surface area (Å²) in [6.07, 6.45) is 0. The number of amides is 1. The Balaban J connectivity index is 3.22. The van der Waals surface area contributed by atoms with Crippen LogP contribution in [0, 0.1) is 5.82 Å². The lowest BCUT2D eigenvalue weighted by molar-refractivity contribution is -0.140. The Hall–Kier alpha value is -2.20. The van der Waals surface area contributed by atoms with Crippen LogP contribution in [0.1, 0.15) is 13.8 Å². The first-order valence-electron chi connectivity index (χ1n) is 6.94. The van der Waals surface area contributed by atoms with Crippen molar-refractivity contribution in [1.29, 1.82) is 0 Å². The van der Waals surface area contributed by atoms with Gasteiger partial charge in [-0.1, -0.05) is 0 Å². The van der Waals surface area contributed by atoms with Gasteiger partial charge >= 0.3 is 5.97 Å². The van der Waals surface area contributed by atoms with Crippen LogP contribution in [0.5, 0.6) is 5.75 Å². The first kappa shape index (κ1) is 19.8. The van der Waals surface area contributed by atoms with Crippen LogP contribution in [-0.4, -0.2) is 55.9 Å². The molecule has 24 heavy (non-hydrogen) atoms. The summed E-state index contributed by atoms with van der Waals surface area (Å²) in [5.41, 5.74) is 0. The minimum Gasteiger partial charge on any atom is -0.494 e. The number of hydrogen-bond donors (Lipinski definition) is 2. The Labute approximate surface area is 139 Å². The van der Waals surface area contributed by atoms with Crippen molar-refractivity contribution >= 4 is 21.9 Å². The minimum atomic E-state index is -4.24. The Kier molecular flexibility index (Phi) is 6.67. The number of rotatable bonds is 8. The Morgan fingerprint density at radius 3 is 2.54 bits per heavy atom. The second kappa shape index (κ2) is 8.06. The third-order valence-corrected chi connectivity index (χ3v) is 5.19. The van der Waals surface area contributed by atoms with Gasteiger partial charge in [0.05, 0.1) is 12.0 Å². The van der Waals surface area contributed by atoms with E-state index in [1.807, 2.05) is 0 Å². The van der Waals surface area contributed by atoms with Crippen molar-refractivity contribution in [3.63, 3.8) is 0 Å². The SMILES string of the molecule is COc1cc(S(=O)(=O)N(CCNC(C)=O)C(C)C(=O)O)ccc1F. The van der Waals surface area contributed by atoms with E-state index in [1.165, 1.54) is 21.0 Å². The van der Waals surface area contributed by atoms with E-state index in [4.69, 9.17) is 9.84 Å². The predicted octanol–water partition coefficient (Wildman–Crippen LogP) is 0.434. The van der Waals surface area contributed by atoms with E-state index in [-0.39, 0.29) is 29.6 Å². The maximum absolute atomic E-state index is 13.5. The maximum atomic E-state index is 13.5. The molecule has 0 fully saturated rings. The molecule has 0 spiro atoms. The van der Waals surface area contributed by atoms with Crippen LogP contribution in [0.2, 0.25) is 0 Å². The molecule has 1 amide bonds. The molecular weight excluding hydrogens is 343 g/mol. The molecule has 0 aliphatic heterocycles. The summed E-state index contributed by atoms with van der Waals surface area (Å²) in [4.78, 5) is 21.8. The quantitative estimate of drug-likeness (QED) is 0.694. The van der Waals surface area contributed by atoms with Crippen LogP contribution >= 0.6 is 0 Å². The highest BCUT2D eigenvalue weighted by Crippen LogP contribution is 2.25. The van der Waals surface area contributed by atoms with Gasteiger partial charge in [-0.15, -0.1) is 0 Å². The lowest BCUT2D eigenvalue weighted by Gasteiger charge is -2.26. The molecule has 134 valence electrons. The summed E-state index contributed by atoms with van der Waals surface area (Å²) in [7, 11) is -3.05. The third-order valence-electron chi connectivity index (χ3n) is 3.22. The van der Waals surface area contributed by atoms with Crippen LogP contribution in [0.25, 0.3) is 0 Å². The fourth-order valence-corrected chi connectivity index (χ4v) is 3.53. The Morgan fingerprint density at radius 1 is 1.42 bits per heavy atom. The maximum Gasteiger partial charge on any atom is 0.321 e. The molecule has 2 N–H and O–H groups in total. The van der Waals surface area contributed by atoms with Gasteiger partial charge in [0, 0.05) is 26.1 Å². The molecule has 10 heteroatoms. The molecule has 8 nitrogen and oxygen atoms in total. The summed E-state index contributed by atoms with van der Waals surface area (Å²) in [5.74, 6) is -2.75. The van der Waals surface area contributed by atoms with Gasteiger partial charge in [0.2, 0.25) is 15.9 Å². The van der Waals surface area contributed by atoms with E-state index in [0.29, 0.717) is 0 Å². The molecule has 1 rings (SSSR count). The van der Waals surface area contributed by atoms with Crippen molar-refractivity contribution < 1.29 is 32.2 Å². The molecule has 1 unspecified atom stereocenters. The van der Waals surface area contributed by atoms with Crippen molar-refractivity contribution in [3.05, 3.63) is 24.0 Å². The highest BCUT2D eigenvalue weighted by Gasteiger charge is 2.33. The zero-order chi connectivity index (χ0) is 18.5. The molecule has 0 aromatic heterocycles. The van der Waals surface area contributed by atoms with E-state index in [9.17, 15) is 22.4 Å². The first-order chi connectivity index (χ1) is 11.1. The molecule has 0 saturated carbocycles. The summed E-state index contributed by atoms with van der Waals surface area (Å²) in [5, 5.41) is 11.5. The molecule has 0 aliphatic carbocycles. The normalized spacial score (nSPS) is 12.7. The van der Waals surface area contributed by atoms with Gasteiger partial charge in [0.1, 0.15) is 6.04 Å². The summed E-state index contributed by atoms with van der Waals surface area (Å²) >= 11 is 0. The van der Waals surface area contributed by atoms with Crippen molar-refractivity contribution in [2.45, 2.75) is 24.8 Å². The number of benzene rings is 1. The van der Waals surface area contributed by atoms with E-state index in [2.05, 4.69) is 5.32 Å². The lowest BCUT2D eigenvalue weighted by Crippen LogP contribution is -2.46. The lowest BCUT2D eigenvalue weighted by atomic mass is 10.3. The second-order valence-electron chi connectivity index (χ2n) is 4.91. The van der Waals surface area contributed by atoms with E-state index >= 15 is 0 Å². The van der Waals surface area contributed by atoms with Crippen LogP contribution < -0.4 is 10.1 Å². The number of carboxylic acids is 1. The topological polar surface area (TPSA) is 113 Å². The number of ether oxygens (including phenoxy) is 1. The van der Waals surface area contributed by atoms with Crippen LogP contribution in [-0.2, 0) is 19.6 Å². The molecular formula is C14H19FN2O6S. The predicted molar refractivity (Wildman–Crippen MR) is 82.6 cm³/mol. The number of sulfonamides is 1. The number of aliphatic carboxylic acids is 1. The van der Waals surface area contributed by atoms with Gasteiger partial charge in [0.15, 0.2) is 11.6 Å². The molecule has 0 saturated heterocycles. The van der Waals surface area contributed by atoms with Crippen molar-refractivity contribution in [2.24, 2.45) is 0 Å². The molecule has 0 bridgehead atoms. The van der Waals surface area contributed by atoms with Crippen LogP contribution in [0.15, 0.2) is 23.1 Å². The van der Waals surface area contributed by atoms with Gasteiger partial charge in [-0.2, -0.15) is 4.31 Å². The number of carbonyl (C=O) groups is 2. The van der Waals surface area contributed by atoms with Crippen molar-refractivity contribution in [1.82, 2.24) is 9.62 Å². The number of nitrogens with one attached hydrogen (secondary N) is 1. The zero-order valence-electron chi connectivity index (χ0n) is 13.4. The number of carbonyl (C=O) groups excluding carboxylic acids is 1. The standard InChI is InChI=1S/C14H19FN2O6S/c1-9(14(19)20)17(7-6-16-10(2)18)24(21,22)11-4-5-12(15)13(8-11)23-3/h4-5,8-9H,6-7H2,1-3H3,(H,16,18)(H,19,20). The summed E-state index contributed by atoms with van der Waals surface area (Å²) in [6, 6.07) is 1.54. The number of methoxy groups -OCH3 is 1. The third kappa shape index (κ3) is 4.65. The number of halogens is 1. The molecule has 1 atom stereocenters. The van der Waals surface area contributed by atoms with E-state index < -0.39 is 27.9 Å². The fourth-order valence-electron chi connectivity index (χ4n) is 1.92. The highest BCUT2D eigenvalue weighted by molar-refractivity contribution is 7.89. The number of hydrogen-bond acceptors (Lipinski definition) is 5. The Morgan fingerprint density at radius 2 is 2.04 bits per heavy atom. The molecule has 1 aromatic carbocycles. The summed E-state index contributed by atoms with van der Waals surface area (Å²) < 4.78 is 44.3. The van der Waals surface area contributed by atoms with E-state index in [0.717, 1.165) is 22.5 Å². The minimum absolute atomic E-state index is 0.0650.